The minimum atomic E-state index is -4.61. The SMILES string of the molecule is COc1ccccc1CCN(C)c1ccc2nnc(C(F)(F)F)n2n1. The Balaban J connectivity index is 1.81. The van der Waals surface area contributed by atoms with Crippen LogP contribution in [0, 0.1) is 0 Å². The summed E-state index contributed by atoms with van der Waals surface area (Å²) in [5.41, 5.74) is 1.06. The number of likely N-dealkylation sites (N-methyl/N-ethyl adjacent to an activating group) is 1. The van der Waals surface area contributed by atoms with E-state index in [9.17, 15) is 13.2 Å². The van der Waals surface area contributed by atoms with E-state index in [1.54, 1.807) is 25.1 Å². The lowest BCUT2D eigenvalue weighted by Crippen LogP contribution is -2.23. The summed E-state index contributed by atoms with van der Waals surface area (Å²) >= 11 is 0. The predicted octanol–water partition coefficient (Wildman–Crippen LogP) is 2.83. The first-order valence-corrected chi connectivity index (χ1v) is 7.53. The van der Waals surface area contributed by atoms with Crippen LogP contribution in [0.15, 0.2) is 36.4 Å². The van der Waals surface area contributed by atoms with Crippen molar-refractivity contribution in [3.05, 3.63) is 47.8 Å². The molecule has 6 nitrogen and oxygen atoms in total. The van der Waals surface area contributed by atoms with Gasteiger partial charge in [0, 0.05) is 13.6 Å². The number of para-hydroxylation sites is 1. The Morgan fingerprint density at radius 2 is 1.88 bits per heavy atom. The number of hydrogen-bond donors (Lipinski definition) is 0. The minimum absolute atomic E-state index is 0.0502. The van der Waals surface area contributed by atoms with Crippen LogP contribution in [0.2, 0.25) is 0 Å². The Kier molecular flexibility index (Phi) is 4.47. The summed E-state index contributed by atoms with van der Waals surface area (Å²) in [6.07, 6.45) is -3.95. The van der Waals surface area contributed by atoms with Gasteiger partial charge in [0.25, 0.3) is 5.82 Å². The number of methoxy groups -OCH3 is 1. The van der Waals surface area contributed by atoms with Crippen molar-refractivity contribution in [1.82, 2.24) is 19.8 Å². The van der Waals surface area contributed by atoms with Gasteiger partial charge < -0.3 is 9.64 Å². The van der Waals surface area contributed by atoms with Crippen molar-refractivity contribution in [2.45, 2.75) is 12.6 Å². The Morgan fingerprint density at radius 3 is 2.60 bits per heavy atom. The minimum Gasteiger partial charge on any atom is -0.496 e. The zero-order valence-electron chi connectivity index (χ0n) is 13.7. The number of halogens is 3. The van der Waals surface area contributed by atoms with Crippen molar-refractivity contribution in [1.29, 1.82) is 0 Å². The lowest BCUT2D eigenvalue weighted by molar-refractivity contribution is -0.146. The average Bonchev–Trinajstić information content (AvgIpc) is 3.03. The second kappa shape index (κ2) is 6.58. The summed E-state index contributed by atoms with van der Waals surface area (Å²) in [7, 11) is 3.37. The highest BCUT2D eigenvalue weighted by Crippen LogP contribution is 2.28. The highest BCUT2D eigenvalue weighted by molar-refractivity contribution is 5.46. The number of fused-ring (bicyclic) bond motifs is 1. The van der Waals surface area contributed by atoms with Crippen molar-refractivity contribution in [3.8, 4) is 5.75 Å². The van der Waals surface area contributed by atoms with Crippen LogP contribution in [0.25, 0.3) is 5.65 Å². The molecule has 132 valence electrons. The van der Waals surface area contributed by atoms with Crippen LogP contribution in [0.5, 0.6) is 5.75 Å². The van der Waals surface area contributed by atoms with Crippen LogP contribution in [0.1, 0.15) is 11.4 Å². The van der Waals surface area contributed by atoms with E-state index in [2.05, 4.69) is 15.3 Å². The van der Waals surface area contributed by atoms with Crippen LogP contribution in [0.3, 0.4) is 0 Å². The molecule has 0 radical (unpaired) electrons. The van der Waals surface area contributed by atoms with Gasteiger partial charge in [-0.25, -0.2) is 0 Å². The molecule has 25 heavy (non-hydrogen) atoms. The molecule has 1 aromatic carbocycles. The second-order valence-electron chi connectivity index (χ2n) is 5.47. The topological polar surface area (TPSA) is 55.5 Å². The molecule has 0 aliphatic heterocycles. The van der Waals surface area contributed by atoms with Crippen molar-refractivity contribution in [2.24, 2.45) is 0 Å². The molecule has 0 aliphatic rings. The molecule has 0 amide bonds. The highest BCUT2D eigenvalue weighted by atomic mass is 19.4. The maximum absolute atomic E-state index is 12.9. The van der Waals surface area contributed by atoms with Crippen LogP contribution in [-0.2, 0) is 12.6 Å². The lowest BCUT2D eigenvalue weighted by Gasteiger charge is -2.19. The van der Waals surface area contributed by atoms with Crippen molar-refractivity contribution >= 4 is 11.5 Å². The van der Waals surface area contributed by atoms with Crippen LogP contribution < -0.4 is 9.64 Å². The normalized spacial score (nSPS) is 11.7. The van der Waals surface area contributed by atoms with Crippen molar-refractivity contribution in [2.75, 3.05) is 25.6 Å². The zero-order valence-corrected chi connectivity index (χ0v) is 13.7. The fourth-order valence-corrected chi connectivity index (χ4v) is 2.47. The number of rotatable bonds is 5. The highest BCUT2D eigenvalue weighted by Gasteiger charge is 2.37. The number of hydrogen-bond acceptors (Lipinski definition) is 5. The fraction of sp³-hybridized carbons (Fsp3) is 0.312. The molecular weight excluding hydrogens is 335 g/mol. The van der Waals surface area contributed by atoms with Gasteiger partial charge in [-0.1, -0.05) is 18.2 Å². The standard InChI is InChI=1S/C16H16F3N5O/c1-23(10-9-11-5-3-4-6-12(11)25-2)14-8-7-13-20-21-15(16(17,18)19)24(13)22-14/h3-8H,9-10H2,1-2H3. The van der Waals surface area contributed by atoms with Crippen molar-refractivity contribution in [3.63, 3.8) is 0 Å². The Hall–Kier alpha value is -2.84. The molecule has 9 heteroatoms. The van der Waals surface area contributed by atoms with Gasteiger partial charge >= 0.3 is 6.18 Å². The number of ether oxygens (including phenoxy) is 1. The Morgan fingerprint density at radius 1 is 1.12 bits per heavy atom. The molecule has 3 rings (SSSR count). The van der Waals surface area contributed by atoms with Crippen molar-refractivity contribution < 1.29 is 17.9 Å². The number of aromatic nitrogens is 4. The summed E-state index contributed by atoms with van der Waals surface area (Å²) in [6, 6.07) is 10.7. The molecule has 2 aromatic heterocycles. The molecule has 0 unspecified atom stereocenters. The molecule has 2 heterocycles. The van der Waals surface area contributed by atoms with E-state index in [0.717, 1.165) is 15.8 Å². The quantitative estimate of drug-likeness (QED) is 0.708. The zero-order chi connectivity index (χ0) is 18.0. The predicted molar refractivity (Wildman–Crippen MR) is 85.8 cm³/mol. The summed E-state index contributed by atoms with van der Waals surface area (Å²) < 4.78 is 44.9. The number of alkyl halides is 3. The van der Waals surface area contributed by atoms with E-state index >= 15 is 0 Å². The van der Waals surface area contributed by atoms with Gasteiger partial charge in [0.2, 0.25) is 0 Å². The molecule has 3 aromatic rings. The summed E-state index contributed by atoms with van der Waals surface area (Å²) in [6.45, 7) is 0.558. The van der Waals surface area contributed by atoms with E-state index in [1.807, 2.05) is 24.3 Å². The van der Waals surface area contributed by atoms with E-state index in [1.165, 1.54) is 6.07 Å². The molecular formula is C16H16F3N5O. The first-order valence-electron chi connectivity index (χ1n) is 7.53. The molecule has 0 N–H and O–H groups in total. The van der Waals surface area contributed by atoms with Gasteiger partial charge in [-0.2, -0.15) is 17.7 Å². The van der Waals surface area contributed by atoms with Crippen LogP contribution in [-0.4, -0.2) is 40.5 Å². The summed E-state index contributed by atoms with van der Waals surface area (Å²) in [5.74, 6) is 0.0349. The smallest absolute Gasteiger partial charge is 0.453 e. The van der Waals surface area contributed by atoms with Gasteiger partial charge in [0.15, 0.2) is 5.65 Å². The molecule has 0 aliphatic carbocycles. The molecule has 0 fully saturated rings. The number of nitrogens with zero attached hydrogens (tertiary/aromatic N) is 5. The fourth-order valence-electron chi connectivity index (χ4n) is 2.47. The van der Waals surface area contributed by atoms with E-state index in [-0.39, 0.29) is 5.65 Å². The summed E-state index contributed by atoms with van der Waals surface area (Å²) in [4.78, 5) is 1.77. The number of anilines is 1. The monoisotopic (exact) mass is 351 g/mol. The van der Waals surface area contributed by atoms with E-state index in [0.29, 0.717) is 18.8 Å². The van der Waals surface area contributed by atoms with Gasteiger partial charge in [-0.15, -0.1) is 15.3 Å². The van der Waals surface area contributed by atoms with Gasteiger partial charge in [0.1, 0.15) is 11.6 Å². The second-order valence-corrected chi connectivity index (χ2v) is 5.47. The summed E-state index contributed by atoms with van der Waals surface area (Å²) in [5, 5.41) is 10.7. The van der Waals surface area contributed by atoms with Gasteiger partial charge in [-0.3, -0.25) is 0 Å². The van der Waals surface area contributed by atoms with E-state index in [4.69, 9.17) is 4.74 Å². The third-order valence-electron chi connectivity index (χ3n) is 3.80. The third kappa shape index (κ3) is 3.49. The molecule has 0 atom stereocenters. The lowest BCUT2D eigenvalue weighted by atomic mass is 10.1. The maximum atomic E-state index is 12.9. The number of benzene rings is 1. The first kappa shape index (κ1) is 17.0. The van der Waals surface area contributed by atoms with Gasteiger partial charge in [0.05, 0.1) is 7.11 Å². The average molecular weight is 351 g/mol. The maximum Gasteiger partial charge on any atom is 0.453 e. The largest absolute Gasteiger partial charge is 0.496 e. The molecule has 0 spiro atoms. The van der Waals surface area contributed by atoms with Crippen LogP contribution >= 0.6 is 0 Å². The van der Waals surface area contributed by atoms with E-state index < -0.39 is 12.0 Å². The third-order valence-corrected chi connectivity index (χ3v) is 3.80. The Bertz CT molecular complexity index is 878. The molecule has 0 bridgehead atoms. The van der Waals surface area contributed by atoms with Crippen LogP contribution in [0.4, 0.5) is 19.0 Å². The van der Waals surface area contributed by atoms with Gasteiger partial charge in [-0.05, 0) is 30.2 Å². The Labute approximate surface area is 141 Å². The molecule has 0 saturated carbocycles. The molecule has 0 saturated heterocycles. The first-order chi connectivity index (χ1) is 11.9.